The molecule has 0 bridgehead atoms. The lowest BCUT2D eigenvalue weighted by atomic mass is 9.78. The molecule has 198 valence electrons. The summed E-state index contributed by atoms with van der Waals surface area (Å²) < 4.78 is 63.6. The Morgan fingerprint density at radius 1 is 0.784 bits per heavy atom. The average Bonchev–Trinajstić information content (AvgIpc) is 2.91. The molecule has 4 rings (SSSR count). The van der Waals surface area contributed by atoms with Crippen molar-refractivity contribution in [2.75, 3.05) is 0 Å². The Hall–Kier alpha value is -3.02. The first-order valence-electron chi connectivity index (χ1n) is 13.2. The van der Waals surface area contributed by atoms with E-state index in [0.717, 1.165) is 24.3 Å². The summed E-state index contributed by atoms with van der Waals surface area (Å²) in [5.41, 5.74) is 2.33. The molecule has 3 aromatic rings. The monoisotopic (exact) mass is 514 g/mol. The molecule has 0 aromatic heterocycles. The van der Waals surface area contributed by atoms with Crippen LogP contribution in [0.5, 0.6) is 17.2 Å². The maximum atomic E-state index is 14.8. The Morgan fingerprint density at radius 2 is 1.41 bits per heavy atom. The smallest absolute Gasteiger partial charge is 0.387 e. The molecule has 0 N–H and O–H groups in total. The number of unbranched alkanes of at least 4 members (excludes halogenated alkanes) is 1. The lowest BCUT2D eigenvalue weighted by Crippen LogP contribution is -2.15. The van der Waals surface area contributed by atoms with Gasteiger partial charge in [-0.15, -0.1) is 0 Å². The second kappa shape index (κ2) is 13.0. The summed E-state index contributed by atoms with van der Waals surface area (Å²) in [6.07, 6.45) is 11.5. The Kier molecular flexibility index (Phi) is 9.48. The van der Waals surface area contributed by atoms with E-state index in [0.29, 0.717) is 11.1 Å². The predicted molar refractivity (Wildman–Crippen MR) is 138 cm³/mol. The minimum absolute atomic E-state index is 0.0533. The van der Waals surface area contributed by atoms with Crippen LogP contribution < -0.4 is 9.47 Å². The largest absolute Gasteiger partial charge is 0.454 e. The molecule has 1 fully saturated rings. The zero-order valence-electron chi connectivity index (χ0n) is 21.2. The van der Waals surface area contributed by atoms with E-state index in [1.807, 2.05) is 24.3 Å². The van der Waals surface area contributed by atoms with Gasteiger partial charge in [0.2, 0.25) is 5.82 Å². The maximum absolute atomic E-state index is 14.8. The number of ether oxygens (including phenoxy) is 2. The van der Waals surface area contributed by atoms with Gasteiger partial charge in [0, 0.05) is 5.56 Å². The van der Waals surface area contributed by atoms with Crippen molar-refractivity contribution in [1.29, 1.82) is 0 Å². The Morgan fingerprint density at radius 3 is 2.03 bits per heavy atom. The number of benzene rings is 3. The first kappa shape index (κ1) is 27.0. The fourth-order valence-electron chi connectivity index (χ4n) is 5.19. The van der Waals surface area contributed by atoms with Crippen LogP contribution >= 0.6 is 0 Å². The highest BCUT2D eigenvalue weighted by Crippen LogP contribution is 2.38. The Bertz CT molecular complexity index is 1120. The van der Waals surface area contributed by atoms with Crippen LogP contribution in [0.3, 0.4) is 0 Å². The summed E-state index contributed by atoms with van der Waals surface area (Å²) in [5, 5.41) is 0. The van der Waals surface area contributed by atoms with Gasteiger partial charge in [0.25, 0.3) is 0 Å². The molecule has 3 aromatic carbocycles. The highest BCUT2D eigenvalue weighted by Gasteiger charge is 2.21. The van der Waals surface area contributed by atoms with Crippen molar-refractivity contribution in [3.05, 3.63) is 77.9 Å². The topological polar surface area (TPSA) is 18.5 Å². The number of halogens is 4. The number of hydrogen-bond acceptors (Lipinski definition) is 2. The summed E-state index contributed by atoms with van der Waals surface area (Å²) in [6.45, 7) is -0.695. The number of aryl methyl sites for hydroxylation is 1. The van der Waals surface area contributed by atoms with Gasteiger partial charge in [-0.25, -0.2) is 4.39 Å². The normalized spacial score (nSPS) is 17.7. The average molecular weight is 515 g/mol. The van der Waals surface area contributed by atoms with Crippen molar-refractivity contribution >= 4 is 0 Å². The number of rotatable bonds is 11. The summed E-state index contributed by atoms with van der Waals surface area (Å²) >= 11 is 0. The second-order valence-corrected chi connectivity index (χ2v) is 9.95. The van der Waals surface area contributed by atoms with E-state index in [4.69, 9.17) is 4.74 Å². The third-order valence-electron chi connectivity index (χ3n) is 7.36. The van der Waals surface area contributed by atoms with E-state index in [-0.39, 0.29) is 17.2 Å². The molecule has 0 amide bonds. The van der Waals surface area contributed by atoms with Gasteiger partial charge in [0.05, 0.1) is 0 Å². The Balaban J connectivity index is 1.40. The van der Waals surface area contributed by atoms with E-state index < -0.39 is 18.2 Å². The standard InChI is InChI=1S/C31H34F4O2/c1-2-3-4-21-5-7-22(8-6-21)9-10-23-11-13-24(14-12-23)27-19-20-28(32)29(33)30(27)36-25-15-17-26(18-16-25)37-31(34)35/h11-22,31H,2-10H2,1H3. The molecule has 37 heavy (non-hydrogen) atoms. The van der Waals surface area contributed by atoms with Crippen LogP contribution in [0, 0.1) is 23.5 Å². The zero-order chi connectivity index (χ0) is 26.2. The van der Waals surface area contributed by atoms with E-state index in [1.165, 1.54) is 87.3 Å². The molecule has 0 heterocycles. The van der Waals surface area contributed by atoms with E-state index in [1.54, 1.807) is 0 Å². The molecule has 0 spiro atoms. The van der Waals surface area contributed by atoms with E-state index in [2.05, 4.69) is 11.7 Å². The van der Waals surface area contributed by atoms with Crippen molar-refractivity contribution < 1.29 is 27.0 Å². The zero-order valence-corrected chi connectivity index (χ0v) is 21.2. The number of hydrogen-bond donors (Lipinski definition) is 0. The highest BCUT2D eigenvalue weighted by atomic mass is 19.3. The number of alkyl halides is 2. The third kappa shape index (κ3) is 7.50. The minimum Gasteiger partial charge on any atom is -0.454 e. The van der Waals surface area contributed by atoms with Crippen LogP contribution in [0.15, 0.2) is 60.7 Å². The van der Waals surface area contributed by atoms with Gasteiger partial charge < -0.3 is 9.47 Å². The van der Waals surface area contributed by atoms with Crippen molar-refractivity contribution in [1.82, 2.24) is 0 Å². The van der Waals surface area contributed by atoms with Gasteiger partial charge in [-0.05, 0) is 72.2 Å². The summed E-state index contributed by atoms with van der Waals surface area (Å²) in [6, 6.07) is 15.7. The van der Waals surface area contributed by atoms with E-state index >= 15 is 0 Å². The second-order valence-electron chi connectivity index (χ2n) is 9.95. The summed E-state index contributed by atoms with van der Waals surface area (Å²) in [5.74, 6) is -0.583. The molecule has 1 aliphatic rings. The quantitative estimate of drug-likeness (QED) is 0.237. The van der Waals surface area contributed by atoms with Crippen LogP contribution in [0.1, 0.15) is 63.9 Å². The molecule has 2 nitrogen and oxygen atoms in total. The predicted octanol–water partition coefficient (Wildman–Crippen LogP) is 9.95. The summed E-state index contributed by atoms with van der Waals surface area (Å²) in [7, 11) is 0. The van der Waals surface area contributed by atoms with Gasteiger partial charge in [0.15, 0.2) is 11.6 Å². The molecule has 0 radical (unpaired) electrons. The fraction of sp³-hybridized carbons (Fsp3) is 0.419. The van der Waals surface area contributed by atoms with Crippen LogP contribution in [-0.4, -0.2) is 6.61 Å². The van der Waals surface area contributed by atoms with Crippen molar-refractivity contribution in [3.63, 3.8) is 0 Å². The van der Waals surface area contributed by atoms with E-state index in [9.17, 15) is 17.6 Å². The first-order chi connectivity index (χ1) is 17.9. The molecule has 0 atom stereocenters. The van der Waals surface area contributed by atoms with Crippen molar-refractivity contribution in [2.24, 2.45) is 11.8 Å². The van der Waals surface area contributed by atoms with Gasteiger partial charge in [0.1, 0.15) is 11.5 Å². The van der Waals surface area contributed by atoms with Crippen LogP contribution in [-0.2, 0) is 6.42 Å². The Labute approximate surface area is 216 Å². The minimum atomic E-state index is -2.95. The maximum Gasteiger partial charge on any atom is 0.387 e. The molecular weight excluding hydrogens is 480 g/mol. The summed E-state index contributed by atoms with van der Waals surface area (Å²) in [4.78, 5) is 0. The van der Waals surface area contributed by atoms with Gasteiger partial charge in [-0.2, -0.15) is 13.2 Å². The molecule has 0 aliphatic heterocycles. The third-order valence-corrected chi connectivity index (χ3v) is 7.36. The van der Waals surface area contributed by atoms with Crippen LogP contribution in [0.2, 0.25) is 0 Å². The molecule has 0 saturated heterocycles. The molecular formula is C31H34F4O2. The van der Waals surface area contributed by atoms with Gasteiger partial charge in [-0.3, -0.25) is 0 Å². The highest BCUT2D eigenvalue weighted by molar-refractivity contribution is 5.71. The lowest BCUT2D eigenvalue weighted by molar-refractivity contribution is -0.0498. The van der Waals surface area contributed by atoms with Crippen molar-refractivity contribution in [3.8, 4) is 28.4 Å². The molecule has 0 unspecified atom stereocenters. The fourth-order valence-corrected chi connectivity index (χ4v) is 5.19. The molecule has 1 saturated carbocycles. The van der Waals surface area contributed by atoms with Crippen molar-refractivity contribution in [2.45, 2.75) is 71.3 Å². The first-order valence-corrected chi connectivity index (χ1v) is 13.2. The lowest BCUT2D eigenvalue weighted by Gasteiger charge is -2.28. The molecule has 6 heteroatoms. The SMILES string of the molecule is CCCCC1CCC(CCc2ccc(-c3ccc(F)c(F)c3Oc3ccc(OC(F)F)cc3)cc2)CC1. The van der Waals surface area contributed by atoms with Crippen LogP contribution in [0.25, 0.3) is 11.1 Å². The molecule has 1 aliphatic carbocycles. The van der Waals surface area contributed by atoms with Gasteiger partial charge >= 0.3 is 6.61 Å². The van der Waals surface area contributed by atoms with Crippen LogP contribution in [0.4, 0.5) is 17.6 Å². The van der Waals surface area contributed by atoms with Gasteiger partial charge in [-0.1, -0.05) is 76.1 Å².